The Kier molecular flexibility index (Phi) is 3.55. The van der Waals surface area contributed by atoms with E-state index in [1.807, 2.05) is 17.9 Å². The molecule has 3 nitrogen and oxygen atoms in total. The minimum atomic E-state index is -0.596. The van der Waals surface area contributed by atoms with E-state index in [9.17, 15) is 9.90 Å². The van der Waals surface area contributed by atoms with E-state index < -0.39 is 5.60 Å². The molecule has 0 spiro atoms. The molecule has 3 heteroatoms. The van der Waals surface area contributed by atoms with E-state index in [1.165, 1.54) is 11.1 Å². The Morgan fingerprint density at radius 2 is 2.00 bits per heavy atom. The molecule has 1 atom stereocenters. The van der Waals surface area contributed by atoms with E-state index in [-0.39, 0.29) is 11.8 Å². The third-order valence-corrected chi connectivity index (χ3v) is 4.82. The van der Waals surface area contributed by atoms with Gasteiger partial charge in [-0.25, -0.2) is 0 Å². The molecule has 1 amide bonds. The van der Waals surface area contributed by atoms with Crippen molar-refractivity contribution in [3.05, 3.63) is 35.4 Å². The quantitative estimate of drug-likeness (QED) is 0.854. The van der Waals surface area contributed by atoms with Crippen molar-refractivity contribution >= 4 is 5.91 Å². The molecule has 1 heterocycles. The lowest BCUT2D eigenvalue weighted by molar-refractivity contribution is -0.136. The molecule has 1 fully saturated rings. The summed E-state index contributed by atoms with van der Waals surface area (Å²) in [7, 11) is 0. The largest absolute Gasteiger partial charge is 0.390 e. The minimum absolute atomic E-state index is 0.0306. The van der Waals surface area contributed by atoms with Crippen LogP contribution in [-0.2, 0) is 11.2 Å². The molecule has 0 saturated carbocycles. The van der Waals surface area contributed by atoms with Crippen LogP contribution in [0.2, 0.25) is 0 Å². The average molecular weight is 273 g/mol. The molecule has 0 radical (unpaired) electrons. The van der Waals surface area contributed by atoms with Crippen molar-refractivity contribution in [2.75, 3.05) is 13.1 Å². The van der Waals surface area contributed by atoms with Crippen molar-refractivity contribution < 1.29 is 9.90 Å². The summed E-state index contributed by atoms with van der Waals surface area (Å²) >= 11 is 0. The number of nitrogens with zero attached hydrogens (tertiary/aromatic N) is 1. The summed E-state index contributed by atoms with van der Waals surface area (Å²) in [4.78, 5) is 14.7. The van der Waals surface area contributed by atoms with Crippen LogP contribution in [0.3, 0.4) is 0 Å². The number of carbonyl (C=O) groups is 1. The molecule has 0 bridgehead atoms. The van der Waals surface area contributed by atoms with Crippen molar-refractivity contribution in [2.45, 2.75) is 50.5 Å². The zero-order chi connectivity index (χ0) is 14.2. The Morgan fingerprint density at radius 3 is 2.75 bits per heavy atom. The van der Waals surface area contributed by atoms with Crippen molar-refractivity contribution in [3.8, 4) is 0 Å². The predicted octanol–water partition coefficient (Wildman–Crippen LogP) is 2.48. The van der Waals surface area contributed by atoms with E-state index in [0.29, 0.717) is 25.9 Å². The number of aryl methyl sites for hydroxylation is 1. The van der Waals surface area contributed by atoms with Gasteiger partial charge in [-0.1, -0.05) is 24.3 Å². The standard InChI is InChI=1S/C17H23NO2/c1-17(20)9-11-18(12-10-17)16(19)15-8-4-6-13-5-2-3-7-14(13)15/h2-3,5,7,15,20H,4,6,8-12H2,1H3. The molecule has 1 aliphatic carbocycles. The van der Waals surface area contributed by atoms with Crippen LogP contribution in [0.1, 0.15) is 49.7 Å². The van der Waals surface area contributed by atoms with Gasteiger partial charge in [-0.2, -0.15) is 0 Å². The number of aliphatic hydroxyl groups is 1. The molecule has 1 unspecified atom stereocenters. The first-order valence-electron chi connectivity index (χ1n) is 7.66. The highest BCUT2D eigenvalue weighted by Crippen LogP contribution is 2.34. The van der Waals surface area contributed by atoms with E-state index >= 15 is 0 Å². The number of likely N-dealkylation sites (tertiary alicyclic amines) is 1. The normalized spacial score (nSPS) is 25.1. The number of piperidine rings is 1. The zero-order valence-corrected chi connectivity index (χ0v) is 12.1. The van der Waals surface area contributed by atoms with Gasteiger partial charge in [0.25, 0.3) is 0 Å². The summed E-state index contributed by atoms with van der Waals surface area (Å²) in [5.74, 6) is 0.288. The molecule has 1 aliphatic heterocycles. The lowest BCUT2D eigenvalue weighted by Crippen LogP contribution is -2.47. The highest BCUT2D eigenvalue weighted by molar-refractivity contribution is 5.84. The van der Waals surface area contributed by atoms with Gasteiger partial charge < -0.3 is 10.0 Å². The average Bonchev–Trinajstić information content (AvgIpc) is 2.46. The Bertz CT molecular complexity index is 499. The fourth-order valence-corrected chi connectivity index (χ4v) is 3.44. The molecular formula is C17H23NO2. The highest BCUT2D eigenvalue weighted by atomic mass is 16.3. The third-order valence-electron chi connectivity index (χ3n) is 4.82. The van der Waals surface area contributed by atoms with Crippen molar-refractivity contribution in [1.82, 2.24) is 4.90 Å². The molecule has 1 aromatic rings. The molecular weight excluding hydrogens is 250 g/mol. The second kappa shape index (κ2) is 5.21. The number of fused-ring (bicyclic) bond motifs is 1. The fraction of sp³-hybridized carbons (Fsp3) is 0.588. The van der Waals surface area contributed by atoms with Crippen LogP contribution < -0.4 is 0 Å². The number of hydrogen-bond acceptors (Lipinski definition) is 2. The van der Waals surface area contributed by atoms with Gasteiger partial charge in [0.05, 0.1) is 11.5 Å². The molecule has 3 rings (SSSR count). The smallest absolute Gasteiger partial charge is 0.230 e. The summed E-state index contributed by atoms with van der Waals surface area (Å²) in [5, 5.41) is 10.0. The van der Waals surface area contributed by atoms with Crippen LogP contribution in [0.15, 0.2) is 24.3 Å². The van der Waals surface area contributed by atoms with Crippen LogP contribution in [0.5, 0.6) is 0 Å². The first-order valence-corrected chi connectivity index (χ1v) is 7.66. The molecule has 108 valence electrons. The van der Waals surface area contributed by atoms with E-state index in [1.54, 1.807) is 0 Å². The first-order chi connectivity index (χ1) is 9.57. The second-order valence-electron chi connectivity index (χ2n) is 6.47. The van der Waals surface area contributed by atoms with E-state index in [0.717, 1.165) is 19.3 Å². The van der Waals surface area contributed by atoms with Crippen LogP contribution in [0, 0.1) is 0 Å². The number of rotatable bonds is 1. The van der Waals surface area contributed by atoms with Gasteiger partial charge in [0.1, 0.15) is 0 Å². The second-order valence-corrected chi connectivity index (χ2v) is 6.47. The maximum atomic E-state index is 12.8. The first kappa shape index (κ1) is 13.6. The Morgan fingerprint density at radius 1 is 1.30 bits per heavy atom. The van der Waals surface area contributed by atoms with Gasteiger partial charge in [0.15, 0.2) is 0 Å². The summed E-state index contributed by atoms with van der Waals surface area (Å²) in [6.07, 6.45) is 4.52. The Labute approximate surface area is 120 Å². The number of carbonyl (C=O) groups excluding carboxylic acids is 1. The van der Waals surface area contributed by atoms with Crippen molar-refractivity contribution in [3.63, 3.8) is 0 Å². The zero-order valence-electron chi connectivity index (χ0n) is 12.1. The van der Waals surface area contributed by atoms with Crippen molar-refractivity contribution in [2.24, 2.45) is 0 Å². The molecule has 0 aromatic heterocycles. The van der Waals surface area contributed by atoms with Crippen LogP contribution in [0.4, 0.5) is 0 Å². The fourth-order valence-electron chi connectivity index (χ4n) is 3.44. The van der Waals surface area contributed by atoms with E-state index in [2.05, 4.69) is 18.2 Å². The van der Waals surface area contributed by atoms with Crippen LogP contribution >= 0.6 is 0 Å². The van der Waals surface area contributed by atoms with Gasteiger partial charge in [-0.3, -0.25) is 4.79 Å². The molecule has 1 saturated heterocycles. The topological polar surface area (TPSA) is 40.5 Å². The van der Waals surface area contributed by atoms with Gasteiger partial charge in [-0.05, 0) is 50.2 Å². The van der Waals surface area contributed by atoms with Gasteiger partial charge in [0.2, 0.25) is 5.91 Å². The lowest BCUT2D eigenvalue weighted by atomic mass is 9.81. The van der Waals surface area contributed by atoms with Gasteiger partial charge in [-0.15, -0.1) is 0 Å². The molecule has 2 aliphatic rings. The summed E-state index contributed by atoms with van der Waals surface area (Å²) in [6.45, 7) is 3.24. The third kappa shape index (κ3) is 2.59. The summed E-state index contributed by atoms with van der Waals surface area (Å²) in [5.41, 5.74) is 1.96. The monoisotopic (exact) mass is 273 g/mol. The minimum Gasteiger partial charge on any atom is -0.390 e. The maximum Gasteiger partial charge on any atom is 0.230 e. The van der Waals surface area contributed by atoms with Gasteiger partial charge in [0, 0.05) is 13.1 Å². The number of hydrogen-bond donors (Lipinski definition) is 1. The molecule has 1 aromatic carbocycles. The maximum absolute atomic E-state index is 12.8. The van der Waals surface area contributed by atoms with Gasteiger partial charge >= 0.3 is 0 Å². The summed E-state index contributed by atoms with van der Waals surface area (Å²) in [6, 6.07) is 8.35. The Hall–Kier alpha value is -1.35. The van der Waals surface area contributed by atoms with Crippen LogP contribution in [-0.4, -0.2) is 34.6 Å². The molecule has 1 N–H and O–H groups in total. The predicted molar refractivity (Wildman–Crippen MR) is 78.6 cm³/mol. The highest BCUT2D eigenvalue weighted by Gasteiger charge is 2.34. The van der Waals surface area contributed by atoms with Crippen molar-refractivity contribution in [1.29, 1.82) is 0 Å². The molecule has 20 heavy (non-hydrogen) atoms. The lowest BCUT2D eigenvalue weighted by Gasteiger charge is -2.38. The van der Waals surface area contributed by atoms with Crippen LogP contribution in [0.25, 0.3) is 0 Å². The Balaban J connectivity index is 1.76. The summed E-state index contributed by atoms with van der Waals surface area (Å²) < 4.78 is 0. The number of amides is 1. The van der Waals surface area contributed by atoms with E-state index in [4.69, 9.17) is 0 Å². The SMILES string of the molecule is CC1(O)CCN(C(=O)C2CCCc3ccccc32)CC1. The number of benzene rings is 1.